The summed E-state index contributed by atoms with van der Waals surface area (Å²) in [5.41, 5.74) is 0.747. The Morgan fingerprint density at radius 1 is 1.48 bits per heavy atom. The number of aromatic nitrogens is 3. The minimum atomic E-state index is -0.458. The molecule has 110 valence electrons. The molecule has 2 heterocycles. The molecule has 2 aromatic rings. The molecule has 2 N–H and O–H groups in total. The number of anilines is 1. The van der Waals surface area contributed by atoms with Gasteiger partial charge in [0, 0.05) is 12.2 Å². The Hall–Kier alpha value is -2.28. The Morgan fingerprint density at radius 3 is 3.05 bits per heavy atom. The van der Waals surface area contributed by atoms with E-state index in [1.807, 2.05) is 0 Å². The highest BCUT2D eigenvalue weighted by Crippen LogP contribution is 2.19. The lowest BCUT2D eigenvalue weighted by Gasteiger charge is -2.22. The predicted octanol–water partition coefficient (Wildman–Crippen LogP) is 1.34. The van der Waals surface area contributed by atoms with Crippen molar-refractivity contribution in [3.05, 3.63) is 36.7 Å². The van der Waals surface area contributed by atoms with Crippen molar-refractivity contribution >= 4 is 11.6 Å². The average molecular weight is 289 g/mol. The molecule has 0 spiro atoms. The number of amides is 1. The van der Waals surface area contributed by atoms with Gasteiger partial charge in [-0.2, -0.15) is 5.10 Å². The molecule has 1 aromatic carbocycles. The van der Waals surface area contributed by atoms with E-state index in [0.717, 1.165) is 19.4 Å². The van der Waals surface area contributed by atoms with Gasteiger partial charge in [-0.1, -0.05) is 0 Å². The second-order valence-electron chi connectivity index (χ2n) is 5.04. The first-order valence-electron chi connectivity index (χ1n) is 6.90. The molecule has 21 heavy (non-hydrogen) atoms. The Morgan fingerprint density at radius 2 is 2.38 bits per heavy atom. The van der Waals surface area contributed by atoms with Crippen LogP contribution in [0, 0.1) is 11.7 Å². The van der Waals surface area contributed by atoms with Crippen LogP contribution in [0.1, 0.15) is 12.8 Å². The van der Waals surface area contributed by atoms with E-state index in [9.17, 15) is 9.18 Å². The standard InChI is InChI=1S/C14H16FN5O/c15-12-6-11(3-4-13(12)20-9-17-8-18-20)19-14(21)10-2-1-5-16-7-10/h3-4,6,8-10,16H,1-2,5,7H2,(H,19,21). The van der Waals surface area contributed by atoms with Crippen molar-refractivity contribution < 1.29 is 9.18 Å². The van der Waals surface area contributed by atoms with Gasteiger partial charge in [0.05, 0.1) is 5.92 Å². The summed E-state index contributed by atoms with van der Waals surface area (Å²) in [6, 6.07) is 4.53. The maximum absolute atomic E-state index is 14.1. The summed E-state index contributed by atoms with van der Waals surface area (Å²) in [6.45, 7) is 1.62. The number of rotatable bonds is 3. The van der Waals surface area contributed by atoms with Crippen LogP contribution in [-0.2, 0) is 4.79 Å². The zero-order chi connectivity index (χ0) is 14.7. The normalized spacial score (nSPS) is 18.4. The predicted molar refractivity (Wildman–Crippen MR) is 75.5 cm³/mol. The Bertz CT molecular complexity index is 622. The van der Waals surface area contributed by atoms with Gasteiger partial charge in [0.2, 0.25) is 5.91 Å². The third-order valence-electron chi connectivity index (χ3n) is 3.55. The van der Waals surface area contributed by atoms with Gasteiger partial charge in [0.25, 0.3) is 0 Å². The fourth-order valence-corrected chi connectivity index (χ4v) is 2.42. The molecule has 1 atom stereocenters. The molecule has 7 heteroatoms. The molecule has 0 bridgehead atoms. The third kappa shape index (κ3) is 3.08. The van der Waals surface area contributed by atoms with Gasteiger partial charge in [0.1, 0.15) is 18.3 Å². The van der Waals surface area contributed by atoms with Crippen molar-refractivity contribution in [2.75, 3.05) is 18.4 Å². The average Bonchev–Trinajstić information content (AvgIpc) is 3.02. The van der Waals surface area contributed by atoms with Gasteiger partial charge in [-0.3, -0.25) is 4.79 Å². The fraction of sp³-hybridized carbons (Fsp3) is 0.357. The monoisotopic (exact) mass is 289 g/mol. The number of carbonyl (C=O) groups excluding carboxylic acids is 1. The molecule has 0 saturated carbocycles. The van der Waals surface area contributed by atoms with Crippen LogP contribution in [0.3, 0.4) is 0 Å². The lowest BCUT2D eigenvalue weighted by atomic mass is 9.99. The van der Waals surface area contributed by atoms with Crippen LogP contribution in [0.2, 0.25) is 0 Å². The van der Waals surface area contributed by atoms with Gasteiger partial charge < -0.3 is 10.6 Å². The molecule has 1 amide bonds. The van der Waals surface area contributed by atoms with Gasteiger partial charge in [0.15, 0.2) is 5.82 Å². The maximum Gasteiger partial charge on any atom is 0.228 e. The lowest BCUT2D eigenvalue weighted by Crippen LogP contribution is -2.37. The summed E-state index contributed by atoms with van der Waals surface area (Å²) >= 11 is 0. The molecular weight excluding hydrogens is 273 g/mol. The van der Waals surface area contributed by atoms with Gasteiger partial charge in [-0.05, 0) is 37.6 Å². The van der Waals surface area contributed by atoms with E-state index in [4.69, 9.17) is 0 Å². The van der Waals surface area contributed by atoms with Crippen LogP contribution in [0.25, 0.3) is 5.69 Å². The molecule has 0 aliphatic carbocycles. The second kappa shape index (κ2) is 6.01. The summed E-state index contributed by atoms with van der Waals surface area (Å²) in [5, 5.41) is 9.83. The van der Waals surface area contributed by atoms with Gasteiger partial charge in [-0.25, -0.2) is 14.1 Å². The maximum atomic E-state index is 14.1. The van der Waals surface area contributed by atoms with E-state index in [2.05, 4.69) is 20.7 Å². The van der Waals surface area contributed by atoms with Crippen LogP contribution in [0.15, 0.2) is 30.9 Å². The van der Waals surface area contributed by atoms with E-state index in [1.54, 1.807) is 12.1 Å². The highest BCUT2D eigenvalue weighted by molar-refractivity contribution is 5.92. The molecule has 1 aliphatic heterocycles. The van der Waals surface area contributed by atoms with Crippen LogP contribution in [0.4, 0.5) is 10.1 Å². The van der Waals surface area contributed by atoms with E-state index >= 15 is 0 Å². The number of halogens is 1. The van der Waals surface area contributed by atoms with E-state index in [1.165, 1.54) is 23.4 Å². The fourth-order valence-electron chi connectivity index (χ4n) is 2.42. The Kier molecular flexibility index (Phi) is 3.92. The number of benzene rings is 1. The SMILES string of the molecule is O=C(Nc1ccc(-n2cncn2)c(F)c1)C1CCCNC1. The topological polar surface area (TPSA) is 71.8 Å². The minimum Gasteiger partial charge on any atom is -0.326 e. The van der Waals surface area contributed by atoms with Crippen LogP contribution >= 0.6 is 0 Å². The first-order chi connectivity index (χ1) is 10.2. The third-order valence-corrected chi connectivity index (χ3v) is 3.55. The number of hydrogen-bond acceptors (Lipinski definition) is 4. The summed E-state index contributed by atoms with van der Waals surface area (Å²) in [7, 11) is 0. The van der Waals surface area contributed by atoms with Gasteiger partial charge in [-0.15, -0.1) is 0 Å². The number of nitrogens with zero attached hydrogens (tertiary/aromatic N) is 3. The summed E-state index contributed by atoms with van der Waals surface area (Å²) in [6.07, 6.45) is 4.60. The second-order valence-corrected chi connectivity index (χ2v) is 5.04. The van der Waals surface area contributed by atoms with Crippen molar-refractivity contribution in [2.24, 2.45) is 5.92 Å². The number of carbonyl (C=O) groups is 1. The molecule has 6 nitrogen and oxygen atoms in total. The Labute approximate surface area is 121 Å². The summed E-state index contributed by atoms with van der Waals surface area (Å²) in [5.74, 6) is -0.591. The van der Waals surface area contributed by atoms with Crippen molar-refractivity contribution in [2.45, 2.75) is 12.8 Å². The van der Waals surface area contributed by atoms with Crippen LogP contribution in [0.5, 0.6) is 0 Å². The van der Waals surface area contributed by atoms with Gasteiger partial charge >= 0.3 is 0 Å². The Balaban J connectivity index is 1.72. The van der Waals surface area contributed by atoms with E-state index in [-0.39, 0.29) is 11.8 Å². The van der Waals surface area contributed by atoms with Crippen molar-refractivity contribution in [1.29, 1.82) is 0 Å². The summed E-state index contributed by atoms with van der Waals surface area (Å²) < 4.78 is 15.4. The van der Waals surface area contributed by atoms with Crippen LogP contribution in [-0.4, -0.2) is 33.8 Å². The minimum absolute atomic E-state index is 0.0585. The number of piperidine rings is 1. The lowest BCUT2D eigenvalue weighted by molar-refractivity contribution is -0.120. The van der Waals surface area contributed by atoms with Crippen molar-refractivity contribution in [3.63, 3.8) is 0 Å². The molecular formula is C14H16FN5O. The molecule has 1 saturated heterocycles. The first-order valence-corrected chi connectivity index (χ1v) is 6.90. The molecule has 1 unspecified atom stereocenters. The molecule has 1 aromatic heterocycles. The quantitative estimate of drug-likeness (QED) is 0.894. The van der Waals surface area contributed by atoms with Crippen molar-refractivity contribution in [1.82, 2.24) is 20.1 Å². The van der Waals surface area contributed by atoms with Crippen molar-refractivity contribution in [3.8, 4) is 5.69 Å². The molecule has 3 rings (SSSR count). The first kappa shape index (κ1) is 13.7. The zero-order valence-electron chi connectivity index (χ0n) is 11.4. The molecule has 1 fully saturated rings. The van der Waals surface area contributed by atoms with E-state index < -0.39 is 5.82 Å². The highest BCUT2D eigenvalue weighted by atomic mass is 19.1. The molecule has 0 radical (unpaired) electrons. The zero-order valence-corrected chi connectivity index (χ0v) is 11.4. The summed E-state index contributed by atoms with van der Waals surface area (Å²) in [4.78, 5) is 15.9. The smallest absolute Gasteiger partial charge is 0.228 e. The van der Waals surface area contributed by atoms with E-state index in [0.29, 0.717) is 17.9 Å². The number of hydrogen-bond donors (Lipinski definition) is 2. The largest absolute Gasteiger partial charge is 0.326 e. The number of nitrogens with one attached hydrogen (secondary N) is 2. The molecule has 1 aliphatic rings. The van der Waals surface area contributed by atoms with Crippen LogP contribution < -0.4 is 10.6 Å². The highest BCUT2D eigenvalue weighted by Gasteiger charge is 2.21.